The van der Waals surface area contributed by atoms with Gasteiger partial charge in [0, 0.05) is 44.0 Å². The predicted octanol–water partition coefficient (Wildman–Crippen LogP) is 1.37. The standard InChI is InChI=1S/C14H19N3O3/c18-10-11-9-13(3-4-14(11)17(19)20)16-7-5-15(6-8-16)12-1-2-12/h3-4,9,12,18H,1-2,5-8,10H2. The van der Waals surface area contributed by atoms with Crippen molar-refractivity contribution in [2.24, 2.45) is 0 Å². The molecule has 1 aliphatic heterocycles. The van der Waals surface area contributed by atoms with Crippen LogP contribution in [0.3, 0.4) is 0 Å². The topological polar surface area (TPSA) is 69.9 Å². The van der Waals surface area contributed by atoms with Gasteiger partial charge in [0.15, 0.2) is 0 Å². The monoisotopic (exact) mass is 277 g/mol. The van der Waals surface area contributed by atoms with Crippen LogP contribution in [0.5, 0.6) is 0 Å². The molecule has 0 spiro atoms. The van der Waals surface area contributed by atoms with Crippen molar-refractivity contribution in [3.8, 4) is 0 Å². The van der Waals surface area contributed by atoms with E-state index >= 15 is 0 Å². The Morgan fingerprint density at radius 1 is 1.25 bits per heavy atom. The van der Waals surface area contributed by atoms with Gasteiger partial charge < -0.3 is 10.0 Å². The normalized spacial score (nSPS) is 20.1. The maximum atomic E-state index is 10.9. The molecule has 1 saturated carbocycles. The first-order valence-electron chi connectivity index (χ1n) is 7.06. The summed E-state index contributed by atoms with van der Waals surface area (Å²) >= 11 is 0. The molecular weight excluding hydrogens is 258 g/mol. The van der Waals surface area contributed by atoms with Crippen LogP contribution >= 0.6 is 0 Å². The first-order chi connectivity index (χ1) is 9.69. The van der Waals surface area contributed by atoms with E-state index < -0.39 is 4.92 Å². The highest BCUT2D eigenvalue weighted by atomic mass is 16.6. The molecule has 1 aliphatic carbocycles. The van der Waals surface area contributed by atoms with E-state index in [0.717, 1.165) is 37.9 Å². The summed E-state index contributed by atoms with van der Waals surface area (Å²) in [6.45, 7) is 3.69. The summed E-state index contributed by atoms with van der Waals surface area (Å²) in [5.74, 6) is 0. The average Bonchev–Trinajstić information content (AvgIpc) is 3.31. The van der Waals surface area contributed by atoms with Crippen LogP contribution in [0.15, 0.2) is 18.2 Å². The van der Waals surface area contributed by atoms with Crippen molar-refractivity contribution in [1.82, 2.24) is 4.90 Å². The van der Waals surface area contributed by atoms with E-state index in [1.54, 1.807) is 12.1 Å². The molecule has 2 fully saturated rings. The molecule has 2 aliphatic rings. The highest BCUT2D eigenvalue weighted by Gasteiger charge is 2.31. The fraction of sp³-hybridized carbons (Fsp3) is 0.571. The fourth-order valence-corrected chi connectivity index (χ4v) is 2.86. The molecule has 1 aromatic carbocycles. The lowest BCUT2D eigenvalue weighted by molar-refractivity contribution is -0.385. The summed E-state index contributed by atoms with van der Waals surface area (Å²) in [5, 5.41) is 20.1. The third kappa shape index (κ3) is 2.62. The number of nitro benzene ring substituents is 1. The van der Waals surface area contributed by atoms with Crippen LogP contribution in [-0.4, -0.2) is 47.2 Å². The summed E-state index contributed by atoms with van der Waals surface area (Å²) in [7, 11) is 0. The zero-order chi connectivity index (χ0) is 14.1. The highest BCUT2D eigenvalue weighted by Crippen LogP contribution is 2.30. The van der Waals surface area contributed by atoms with Gasteiger partial charge in [-0.25, -0.2) is 0 Å². The molecule has 3 rings (SSSR count). The lowest BCUT2D eigenvalue weighted by atomic mass is 10.1. The lowest BCUT2D eigenvalue weighted by Gasteiger charge is -2.36. The highest BCUT2D eigenvalue weighted by molar-refractivity contribution is 5.55. The van der Waals surface area contributed by atoms with Crippen LogP contribution in [0, 0.1) is 10.1 Å². The number of anilines is 1. The number of hydrogen-bond acceptors (Lipinski definition) is 5. The molecule has 6 nitrogen and oxygen atoms in total. The Hall–Kier alpha value is -1.66. The molecule has 1 aromatic rings. The molecule has 1 saturated heterocycles. The summed E-state index contributed by atoms with van der Waals surface area (Å²) in [4.78, 5) is 15.2. The van der Waals surface area contributed by atoms with E-state index in [9.17, 15) is 15.2 Å². The number of piperazine rings is 1. The summed E-state index contributed by atoms with van der Waals surface area (Å²) in [6.07, 6.45) is 2.65. The maximum Gasteiger partial charge on any atom is 0.275 e. The van der Waals surface area contributed by atoms with Crippen molar-refractivity contribution in [3.05, 3.63) is 33.9 Å². The third-order valence-corrected chi connectivity index (χ3v) is 4.17. The molecule has 0 atom stereocenters. The smallest absolute Gasteiger partial charge is 0.275 e. The van der Waals surface area contributed by atoms with Gasteiger partial charge in [-0.2, -0.15) is 0 Å². The minimum atomic E-state index is -0.444. The van der Waals surface area contributed by atoms with Gasteiger partial charge in [-0.1, -0.05) is 0 Å². The van der Waals surface area contributed by atoms with Crippen molar-refractivity contribution in [3.63, 3.8) is 0 Å². The Bertz CT molecular complexity index is 508. The number of nitro groups is 1. The second-order valence-corrected chi connectivity index (χ2v) is 5.48. The SMILES string of the molecule is O=[N+]([O-])c1ccc(N2CCN(C3CC3)CC2)cc1CO. The summed E-state index contributed by atoms with van der Waals surface area (Å²) < 4.78 is 0. The first kappa shape index (κ1) is 13.3. The van der Waals surface area contributed by atoms with Gasteiger partial charge in [0.25, 0.3) is 5.69 Å². The molecule has 0 amide bonds. The minimum Gasteiger partial charge on any atom is -0.391 e. The molecule has 0 unspecified atom stereocenters. The van der Waals surface area contributed by atoms with E-state index in [2.05, 4.69) is 9.80 Å². The van der Waals surface area contributed by atoms with E-state index in [4.69, 9.17) is 0 Å². The van der Waals surface area contributed by atoms with Crippen molar-refractivity contribution in [2.75, 3.05) is 31.1 Å². The number of hydrogen-bond donors (Lipinski definition) is 1. The van der Waals surface area contributed by atoms with Gasteiger partial charge in [0.05, 0.1) is 17.1 Å². The van der Waals surface area contributed by atoms with Crippen LogP contribution in [0.4, 0.5) is 11.4 Å². The molecule has 6 heteroatoms. The van der Waals surface area contributed by atoms with E-state index in [1.165, 1.54) is 18.9 Å². The van der Waals surface area contributed by atoms with Gasteiger partial charge >= 0.3 is 0 Å². The summed E-state index contributed by atoms with van der Waals surface area (Å²) in [5.41, 5.74) is 1.35. The maximum absolute atomic E-state index is 10.9. The Morgan fingerprint density at radius 2 is 1.95 bits per heavy atom. The first-order valence-corrected chi connectivity index (χ1v) is 7.06. The summed E-state index contributed by atoms with van der Waals surface area (Å²) in [6, 6.07) is 5.81. The number of nitrogens with zero attached hydrogens (tertiary/aromatic N) is 3. The molecule has 20 heavy (non-hydrogen) atoms. The molecule has 0 bridgehead atoms. The van der Waals surface area contributed by atoms with Crippen molar-refractivity contribution < 1.29 is 10.0 Å². The minimum absolute atomic E-state index is 0.00661. The molecule has 1 heterocycles. The Kier molecular flexibility index (Phi) is 3.58. The predicted molar refractivity (Wildman–Crippen MR) is 75.8 cm³/mol. The fourth-order valence-electron chi connectivity index (χ4n) is 2.86. The van der Waals surface area contributed by atoms with Crippen LogP contribution < -0.4 is 4.90 Å². The number of aliphatic hydroxyl groups is 1. The van der Waals surface area contributed by atoms with Crippen molar-refractivity contribution >= 4 is 11.4 Å². The molecule has 1 N–H and O–H groups in total. The Morgan fingerprint density at radius 3 is 2.50 bits per heavy atom. The quantitative estimate of drug-likeness (QED) is 0.665. The second kappa shape index (κ2) is 5.38. The van der Waals surface area contributed by atoms with Crippen LogP contribution in [-0.2, 0) is 6.61 Å². The van der Waals surface area contributed by atoms with Gasteiger partial charge in [-0.05, 0) is 25.0 Å². The molecule has 108 valence electrons. The second-order valence-electron chi connectivity index (χ2n) is 5.48. The lowest BCUT2D eigenvalue weighted by Crippen LogP contribution is -2.47. The van der Waals surface area contributed by atoms with E-state index in [1.807, 2.05) is 0 Å². The zero-order valence-corrected chi connectivity index (χ0v) is 11.4. The largest absolute Gasteiger partial charge is 0.391 e. The number of benzene rings is 1. The zero-order valence-electron chi connectivity index (χ0n) is 11.4. The average molecular weight is 277 g/mol. The van der Waals surface area contributed by atoms with Crippen molar-refractivity contribution in [2.45, 2.75) is 25.5 Å². The molecular formula is C14H19N3O3. The van der Waals surface area contributed by atoms with Crippen LogP contribution in [0.25, 0.3) is 0 Å². The van der Waals surface area contributed by atoms with Gasteiger partial charge in [0.2, 0.25) is 0 Å². The molecule has 0 radical (unpaired) electrons. The van der Waals surface area contributed by atoms with Gasteiger partial charge in [-0.15, -0.1) is 0 Å². The van der Waals surface area contributed by atoms with Crippen molar-refractivity contribution in [1.29, 1.82) is 0 Å². The van der Waals surface area contributed by atoms with Crippen LogP contribution in [0.2, 0.25) is 0 Å². The van der Waals surface area contributed by atoms with E-state index in [0.29, 0.717) is 5.56 Å². The number of aliphatic hydroxyl groups excluding tert-OH is 1. The Labute approximate surface area is 117 Å². The van der Waals surface area contributed by atoms with Crippen LogP contribution in [0.1, 0.15) is 18.4 Å². The third-order valence-electron chi connectivity index (χ3n) is 4.17. The Balaban J connectivity index is 1.72. The van der Waals surface area contributed by atoms with E-state index in [-0.39, 0.29) is 12.3 Å². The van der Waals surface area contributed by atoms with Gasteiger partial charge in [-0.3, -0.25) is 15.0 Å². The molecule has 0 aromatic heterocycles. The van der Waals surface area contributed by atoms with Gasteiger partial charge in [0.1, 0.15) is 0 Å². The number of rotatable bonds is 4.